The Hall–Kier alpha value is -1.31. The molecule has 0 aliphatic heterocycles. The van der Waals surface area contributed by atoms with Gasteiger partial charge in [-0.2, -0.15) is 0 Å². The van der Waals surface area contributed by atoms with Crippen LogP contribution in [0.4, 0.5) is 5.69 Å². The normalized spacial score (nSPS) is 38.1. The van der Waals surface area contributed by atoms with Crippen molar-refractivity contribution in [3.8, 4) is 0 Å². The van der Waals surface area contributed by atoms with E-state index < -0.39 is 0 Å². The van der Waals surface area contributed by atoms with Crippen LogP contribution in [0.25, 0.3) is 0 Å². The SMILES string of the molecule is Cc1ccc(N)cc1C(=O)C1C2CC3CC(C2)CC1C3. The zero-order chi connectivity index (χ0) is 13.9. The molecule has 4 aliphatic carbocycles. The summed E-state index contributed by atoms with van der Waals surface area (Å²) in [7, 11) is 0. The Bertz CT molecular complexity index is 535. The first-order chi connectivity index (χ1) is 9.61. The molecule has 0 amide bonds. The third-order valence-electron chi connectivity index (χ3n) is 6.06. The maximum Gasteiger partial charge on any atom is 0.166 e. The van der Waals surface area contributed by atoms with E-state index in [1.54, 1.807) is 0 Å². The Labute approximate surface area is 120 Å². The van der Waals surface area contributed by atoms with Gasteiger partial charge < -0.3 is 5.73 Å². The summed E-state index contributed by atoms with van der Waals surface area (Å²) in [6.07, 6.45) is 6.62. The van der Waals surface area contributed by atoms with Gasteiger partial charge in [0.05, 0.1) is 0 Å². The molecule has 1 aromatic rings. The number of Topliss-reactive ketones (excluding diaryl/α,β-unsaturated/α-hetero) is 1. The van der Waals surface area contributed by atoms with E-state index in [1.165, 1.54) is 32.1 Å². The first-order valence-corrected chi connectivity index (χ1v) is 8.02. The Morgan fingerprint density at radius 1 is 1.05 bits per heavy atom. The van der Waals surface area contributed by atoms with Crippen LogP contribution in [0.2, 0.25) is 0 Å². The highest BCUT2D eigenvalue weighted by molar-refractivity contribution is 6.00. The lowest BCUT2D eigenvalue weighted by atomic mass is 9.51. The van der Waals surface area contributed by atoms with E-state index in [-0.39, 0.29) is 5.92 Å². The number of nitrogens with two attached hydrogens (primary N) is 1. The van der Waals surface area contributed by atoms with E-state index in [4.69, 9.17) is 5.73 Å². The Morgan fingerprint density at radius 3 is 2.25 bits per heavy atom. The highest BCUT2D eigenvalue weighted by atomic mass is 16.1. The molecule has 0 aromatic heterocycles. The van der Waals surface area contributed by atoms with Gasteiger partial charge in [0.2, 0.25) is 0 Å². The number of ketones is 1. The summed E-state index contributed by atoms with van der Waals surface area (Å²) in [5.41, 5.74) is 8.56. The Morgan fingerprint density at radius 2 is 1.65 bits per heavy atom. The monoisotopic (exact) mass is 269 g/mol. The van der Waals surface area contributed by atoms with E-state index >= 15 is 0 Å². The molecule has 4 saturated carbocycles. The molecule has 0 atom stereocenters. The van der Waals surface area contributed by atoms with Gasteiger partial charge in [0.15, 0.2) is 5.78 Å². The van der Waals surface area contributed by atoms with Gasteiger partial charge in [-0.05, 0) is 80.4 Å². The van der Waals surface area contributed by atoms with E-state index in [0.29, 0.717) is 23.3 Å². The lowest BCUT2D eigenvalue weighted by Gasteiger charge is -2.53. The van der Waals surface area contributed by atoms with Crippen LogP contribution in [0.15, 0.2) is 18.2 Å². The van der Waals surface area contributed by atoms with Crippen LogP contribution in [0.3, 0.4) is 0 Å². The number of carbonyl (C=O) groups is 1. The predicted molar refractivity (Wildman–Crippen MR) is 80.5 cm³/mol. The number of nitrogen functional groups attached to an aromatic ring is 1. The molecule has 20 heavy (non-hydrogen) atoms. The van der Waals surface area contributed by atoms with Gasteiger partial charge in [-0.15, -0.1) is 0 Å². The van der Waals surface area contributed by atoms with Gasteiger partial charge in [0.25, 0.3) is 0 Å². The summed E-state index contributed by atoms with van der Waals surface area (Å²) in [6, 6.07) is 5.77. The predicted octanol–water partition coefficient (Wildman–Crippen LogP) is 3.83. The molecule has 4 bridgehead atoms. The molecule has 0 unspecified atom stereocenters. The first kappa shape index (κ1) is 12.4. The highest BCUT2D eigenvalue weighted by Gasteiger charge is 2.50. The minimum atomic E-state index is 0.281. The second kappa shape index (κ2) is 4.34. The average molecular weight is 269 g/mol. The first-order valence-electron chi connectivity index (χ1n) is 8.02. The summed E-state index contributed by atoms with van der Waals surface area (Å²) in [4.78, 5) is 13.1. The van der Waals surface area contributed by atoms with Gasteiger partial charge in [-0.3, -0.25) is 4.79 Å². The third-order valence-corrected chi connectivity index (χ3v) is 6.06. The fourth-order valence-electron chi connectivity index (χ4n) is 5.44. The van der Waals surface area contributed by atoms with Gasteiger partial charge in [0.1, 0.15) is 0 Å². The summed E-state index contributed by atoms with van der Waals surface area (Å²) >= 11 is 0. The highest BCUT2D eigenvalue weighted by Crippen LogP contribution is 2.57. The largest absolute Gasteiger partial charge is 0.399 e. The van der Waals surface area contributed by atoms with Crippen molar-refractivity contribution in [3.63, 3.8) is 0 Å². The zero-order valence-corrected chi connectivity index (χ0v) is 12.1. The van der Waals surface area contributed by atoms with E-state index in [2.05, 4.69) is 0 Å². The minimum Gasteiger partial charge on any atom is -0.399 e. The van der Waals surface area contributed by atoms with Crippen LogP contribution < -0.4 is 5.73 Å². The summed E-state index contributed by atoms with van der Waals surface area (Å²) in [5.74, 6) is 3.80. The standard InChI is InChI=1S/C18H23NO/c1-10-2-3-15(19)9-16(10)18(20)17-13-5-11-4-12(7-13)8-14(17)6-11/h2-3,9,11-14,17H,4-8,19H2,1H3. The molecule has 0 radical (unpaired) electrons. The van der Waals surface area contributed by atoms with Crippen LogP contribution in [0, 0.1) is 36.5 Å². The number of hydrogen-bond acceptors (Lipinski definition) is 2. The van der Waals surface area contributed by atoms with Crippen molar-refractivity contribution in [1.82, 2.24) is 0 Å². The smallest absolute Gasteiger partial charge is 0.166 e. The number of rotatable bonds is 2. The fourth-order valence-corrected chi connectivity index (χ4v) is 5.44. The molecular weight excluding hydrogens is 246 g/mol. The van der Waals surface area contributed by atoms with Crippen molar-refractivity contribution in [2.24, 2.45) is 29.6 Å². The summed E-state index contributed by atoms with van der Waals surface area (Å²) < 4.78 is 0. The van der Waals surface area contributed by atoms with Crippen LogP contribution in [0.1, 0.15) is 48.0 Å². The molecule has 106 valence electrons. The maximum absolute atomic E-state index is 13.1. The molecule has 0 saturated heterocycles. The van der Waals surface area contributed by atoms with Crippen molar-refractivity contribution in [3.05, 3.63) is 29.3 Å². The average Bonchev–Trinajstić information content (AvgIpc) is 2.40. The number of aryl methyl sites for hydroxylation is 1. The molecule has 5 rings (SSSR count). The van der Waals surface area contributed by atoms with Crippen LogP contribution >= 0.6 is 0 Å². The third kappa shape index (κ3) is 1.81. The van der Waals surface area contributed by atoms with Gasteiger partial charge in [-0.25, -0.2) is 0 Å². The van der Waals surface area contributed by atoms with Crippen LogP contribution in [0.5, 0.6) is 0 Å². The van der Waals surface area contributed by atoms with E-state index in [0.717, 1.165) is 23.0 Å². The molecule has 2 N–H and O–H groups in total. The van der Waals surface area contributed by atoms with E-state index in [1.807, 2.05) is 25.1 Å². The number of anilines is 1. The fraction of sp³-hybridized carbons (Fsp3) is 0.611. The van der Waals surface area contributed by atoms with Crippen molar-refractivity contribution in [2.75, 3.05) is 5.73 Å². The van der Waals surface area contributed by atoms with Crippen molar-refractivity contribution >= 4 is 11.5 Å². The number of carbonyl (C=O) groups excluding carboxylic acids is 1. The summed E-state index contributed by atoms with van der Waals surface area (Å²) in [6.45, 7) is 2.03. The molecule has 1 aromatic carbocycles. The number of hydrogen-bond donors (Lipinski definition) is 1. The Kier molecular flexibility index (Phi) is 2.70. The van der Waals surface area contributed by atoms with Gasteiger partial charge >= 0.3 is 0 Å². The molecule has 4 fully saturated rings. The maximum atomic E-state index is 13.1. The van der Waals surface area contributed by atoms with Gasteiger partial charge in [0, 0.05) is 17.2 Å². The molecule has 0 heterocycles. The summed E-state index contributed by atoms with van der Waals surface area (Å²) in [5, 5.41) is 0. The second-order valence-electron chi connectivity index (χ2n) is 7.40. The zero-order valence-electron chi connectivity index (χ0n) is 12.1. The van der Waals surface area contributed by atoms with Crippen LogP contribution in [-0.2, 0) is 0 Å². The Balaban J connectivity index is 1.67. The molecular formula is C18H23NO. The lowest BCUT2D eigenvalue weighted by Crippen LogP contribution is -2.48. The number of benzene rings is 1. The second-order valence-corrected chi connectivity index (χ2v) is 7.40. The molecule has 2 heteroatoms. The molecule has 0 spiro atoms. The minimum absolute atomic E-state index is 0.281. The lowest BCUT2D eigenvalue weighted by molar-refractivity contribution is -0.0251. The molecule has 2 nitrogen and oxygen atoms in total. The topological polar surface area (TPSA) is 43.1 Å². The quantitative estimate of drug-likeness (QED) is 0.655. The molecule has 4 aliphatic rings. The van der Waals surface area contributed by atoms with Crippen LogP contribution in [-0.4, -0.2) is 5.78 Å². The van der Waals surface area contributed by atoms with Crippen molar-refractivity contribution in [2.45, 2.75) is 39.0 Å². The van der Waals surface area contributed by atoms with E-state index in [9.17, 15) is 4.79 Å². The van der Waals surface area contributed by atoms with Crippen molar-refractivity contribution in [1.29, 1.82) is 0 Å². The van der Waals surface area contributed by atoms with Crippen molar-refractivity contribution < 1.29 is 4.79 Å². The van der Waals surface area contributed by atoms with Gasteiger partial charge in [-0.1, -0.05) is 6.07 Å².